The third kappa shape index (κ3) is 4.18. The summed E-state index contributed by atoms with van der Waals surface area (Å²) in [6.45, 7) is 5.33. The Balaban J connectivity index is 2.14. The number of nitrogens with two attached hydrogens (primary N) is 2. The van der Waals surface area contributed by atoms with Gasteiger partial charge in [-0.05, 0) is 58.6 Å². The van der Waals surface area contributed by atoms with Crippen LogP contribution in [0.25, 0.3) is 0 Å². The molecule has 1 saturated carbocycles. The summed E-state index contributed by atoms with van der Waals surface area (Å²) >= 11 is 0. The molecule has 0 amide bonds. The van der Waals surface area contributed by atoms with Crippen molar-refractivity contribution in [3.63, 3.8) is 0 Å². The molecular formula is C19H26F3N5O. The van der Waals surface area contributed by atoms with Gasteiger partial charge >= 0.3 is 6.18 Å². The Kier molecular flexibility index (Phi) is 4.97. The van der Waals surface area contributed by atoms with E-state index in [0.29, 0.717) is 12.8 Å². The predicted octanol–water partition coefficient (Wildman–Crippen LogP) is 3.99. The molecule has 1 aliphatic heterocycles. The van der Waals surface area contributed by atoms with Crippen molar-refractivity contribution in [1.29, 1.82) is 0 Å². The van der Waals surface area contributed by atoms with Crippen molar-refractivity contribution in [2.24, 2.45) is 21.5 Å². The highest BCUT2D eigenvalue weighted by molar-refractivity contribution is 6.05. The van der Waals surface area contributed by atoms with Gasteiger partial charge in [-0.25, -0.2) is 4.99 Å². The second-order valence-corrected chi connectivity index (χ2v) is 8.25. The van der Waals surface area contributed by atoms with E-state index in [1.54, 1.807) is 31.7 Å². The van der Waals surface area contributed by atoms with E-state index in [1.165, 1.54) is 0 Å². The van der Waals surface area contributed by atoms with Crippen molar-refractivity contribution in [2.75, 3.05) is 4.90 Å². The van der Waals surface area contributed by atoms with E-state index in [1.807, 2.05) is 0 Å². The topological polar surface area (TPSA) is 89.2 Å². The van der Waals surface area contributed by atoms with Crippen LogP contribution in [0.2, 0.25) is 0 Å². The molecule has 1 spiro atoms. The van der Waals surface area contributed by atoms with Crippen LogP contribution < -0.4 is 21.1 Å². The molecule has 1 heterocycles. The maximum absolute atomic E-state index is 13.6. The lowest BCUT2D eigenvalue weighted by atomic mass is 9.87. The molecule has 0 bridgehead atoms. The highest BCUT2D eigenvalue weighted by Gasteiger charge is 2.43. The van der Waals surface area contributed by atoms with Crippen LogP contribution in [0.5, 0.6) is 5.75 Å². The summed E-state index contributed by atoms with van der Waals surface area (Å²) in [6, 6.07) is 3.61. The molecule has 1 aromatic carbocycles. The number of aliphatic imine (C=N–C) groups is 2. The van der Waals surface area contributed by atoms with Gasteiger partial charge in [0.25, 0.3) is 0 Å². The monoisotopic (exact) mass is 397 g/mol. The Labute approximate surface area is 162 Å². The van der Waals surface area contributed by atoms with Gasteiger partial charge in [-0.3, -0.25) is 4.90 Å². The summed E-state index contributed by atoms with van der Waals surface area (Å²) in [7, 11) is 0. The van der Waals surface area contributed by atoms with E-state index in [0.717, 1.165) is 31.4 Å². The number of halogens is 3. The average molecular weight is 397 g/mol. The number of alkyl halides is 3. The zero-order chi connectivity index (χ0) is 20.7. The molecule has 1 aromatic rings. The summed E-state index contributed by atoms with van der Waals surface area (Å²) in [5.41, 5.74) is 9.92. The maximum Gasteiger partial charge on any atom is 0.416 e. The minimum atomic E-state index is -4.53. The minimum Gasteiger partial charge on any atom is -0.488 e. The molecule has 9 heteroatoms. The van der Waals surface area contributed by atoms with Crippen LogP contribution in [0.4, 0.5) is 18.9 Å². The fourth-order valence-electron chi connectivity index (χ4n) is 3.78. The van der Waals surface area contributed by atoms with Crippen LogP contribution in [-0.2, 0) is 6.18 Å². The molecule has 0 saturated heterocycles. The maximum atomic E-state index is 13.6. The van der Waals surface area contributed by atoms with Crippen molar-refractivity contribution >= 4 is 17.6 Å². The third-order valence-corrected chi connectivity index (χ3v) is 4.75. The second-order valence-electron chi connectivity index (χ2n) is 8.25. The fraction of sp³-hybridized carbons (Fsp3) is 0.579. The number of rotatable bonds is 2. The van der Waals surface area contributed by atoms with Gasteiger partial charge in [0.15, 0.2) is 0 Å². The van der Waals surface area contributed by atoms with E-state index < -0.39 is 23.0 Å². The minimum absolute atomic E-state index is 0.0374. The van der Waals surface area contributed by atoms with Gasteiger partial charge in [-0.15, -0.1) is 0 Å². The van der Waals surface area contributed by atoms with Crippen molar-refractivity contribution in [3.8, 4) is 5.75 Å². The number of ether oxygens (including phenoxy) is 1. The van der Waals surface area contributed by atoms with Gasteiger partial charge in [0, 0.05) is 6.07 Å². The normalized spacial score (nSPS) is 20.0. The number of guanidine groups is 2. The van der Waals surface area contributed by atoms with Crippen molar-refractivity contribution < 1.29 is 17.9 Å². The molecular weight excluding hydrogens is 371 g/mol. The quantitative estimate of drug-likeness (QED) is 0.790. The Hall–Kier alpha value is -2.45. The summed E-state index contributed by atoms with van der Waals surface area (Å²) in [5, 5.41) is 0. The van der Waals surface area contributed by atoms with Crippen molar-refractivity contribution in [1.82, 2.24) is 0 Å². The number of nitrogens with zero attached hydrogens (tertiary/aromatic N) is 3. The molecule has 28 heavy (non-hydrogen) atoms. The highest BCUT2D eigenvalue weighted by Crippen LogP contribution is 2.43. The van der Waals surface area contributed by atoms with Gasteiger partial charge in [0.1, 0.15) is 17.0 Å². The molecule has 154 valence electrons. The van der Waals surface area contributed by atoms with E-state index in [4.69, 9.17) is 16.2 Å². The summed E-state index contributed by atoms with van der Waals surface area (Å²) in [4.78, 5) is 10.1. The Morgan fingerprint density at radius 2 is 1.68 bits per heavy atom. The molecule has 1 aliphatic carbocycles. The van der Waals surface area contributed by atoms with Gasteiger partial charge in [-0.1, -0.05) is 6.42 Å². The summed E-state index contributed by atoms with van der Waals surface area (Å²) in [6.07, 6.45) is -0.472. The van der Waals surface area contributed by atoms with Gasteiger partial charge in [0.05, 0.1) is 11.3 Å². The summed E-state index contributed by atoms with van der Waals surface area (Å²) in [5.74, 6) is 0.197. The van der Waals surface area contributed by atoms with Gasteiger partial charge in [-0.2, -0.15) is 18.2 Å². The van der Waals surface area contributed by atoms with Crippen LogP contribution in [0.1, 0.15) is 58.4 Å². The van der Waals surface area contributed by atoms with Crippen LogP contribution in [0.3, 0.4) is 0 Å². The van der Waals surface area contributed by atoms with E-state index >= 15 is 0 Å². The molecule has 0 unspecified atom stereocenters. The van der Waals surface area contributed by atoms with Gasteiger partial charge in [0.2, 0.25) is 11.9 Å². The summed E-state index contributed by atoms with van der Waals surface area (Å²) < 4.78 is 46.4. The lowest BCUT2D eigenvalue weighted by Gasteiger charge is -2.45. The third-order valence-electron chi connectivity index (χ3n) is 4.75. The second kappa shape index (κ2) is 6.86. The van der Waals surface area contributed by atoms with E-state index in [9.17, 15) is 13.2 Å². The first-order valence-corrected chi connectivity index (χ1v) is 9.31. The SMILES string of the molecule is CC(C)(C)Oc1cc(N2C(N)=NC(N)=NC23CCCCC3)cc(C(F)(F)F)c1. The molecule has 0 aromatic heterocycles. The van der Waals surface area contributed by atoms with E-state index in [2.05, 4.69) is 9.98 Å². The fourth-order valence-corrected chi connectivity index (χ4v) is 3.78. The number of benzene rings is 1. The van der Waals surface area contributed by atoms with E-state index in [-0.39, 0.29) is 23.4 Å². The predicted molar refractivity (Wildman–Crippen MR) is 103 cm³/mol. The standard InChI is InChI=1S/C19H26F3N5O/c1-17(2,3)28-14-10-12(19(20,21)22)9-13(11-14)27-16(24)25-15(23)26-18(27)7-5-4-6-8-18/h9-11H,4-8H2,1-3H3,(H4,23,24,25,26). The van der Waals surface area contributed by atoms with Crippen LogP contribution in [0.15, 0.2) is 28.2 Å². The molecule has 0 atom stereocenters. The van der Waals surface area contributed by atoms with Crippen LogP contribution in [0, 0.1) is 0 Å². The molecule has 4 N–H and O–H groups in total. The zero-order valence-corrected chi connectivity index (χ0v) is 16.3. The lowest BCUT2D eigenvalue weighted by molar-refractivity contribution is -0.137. The first-order valence-electron chi connectivity index (χ1n) is 9.31. The highest BCUT2D eigenvalue weighted by atomic mass is 19.4. The first kappa shape index (κ1) is 20.3. The average Bonchev–Trinajstić information content (AvgIpc) is 2.52. The van der Waals surface area contributed by atoms with Crippen molar-refractivity contribution in [3.05, 3.63) is 23.8 Å². The molecule has 1 fully saturated rings. The molecule has 0 radical (unpaired) electrons. The van der Waals surface area contributed by atoms with Crippen LogP contribution >= 0.6 is 0 Å². The number of hydrogen-bond acceptors (Lipinski definition) is 6. The zero-order valence-electron chi connectivity index (χ0n) is 16.3. The van der Waals surface area contributed by atoms with Crippen molar-refractivity contribution in [2.45, 2.75) is 70.3 Å². The van der Waals surface area contributed by atoms with Crippen LogP contribution in [-0.4, -0.2) is 23.2 Å². The Morgan fingerprint density at radius 3 is 2.25 bits per heavy atom. The molecule has 3 rings (SSSR count). The lowest BCUT2D eigenvalue weighted by Crippen LogP contribution is -2.58. The van der Waals surface area contributed by atoms with Gasteiger partial charge < -0.3 is 16.2 Å². The number of hydrogen-bond donors (Lipinski definition) is 2. The Bertz CT molecular complexity index is 805. The molecule has 2 aliphatic rings. The smallest absolute Gasteiger partial charge is 0.416 e. The first-order chi connectivity index (χ1) is 12.9. The molecule has 6 nitrogen and oxygen atoms in total. The Morgan fingerprint density at radius 1 is 1.04 bits per heavy atom. The largest absolute Gasteiger partial charge is 0.488 e. The number of anilines is 1.